The van der Waals surface area contributed by atoms with Crippen LogP contribution in [0.4, 0.5) is 11.4 Å². The number of aliphatic imine (C=N–C) groups is 1. The van der Waals surface area contributed by atoms with Gasteiger partial charge in [-0.25, -0.2) is 4.99 Å². The van der Waals surface area contributed by atoms with Gasteiger partial charge in [0, 0.05) is 11.8 Å². The number of hydrogen-bond acceptors (Lipinski definition) is 5. The summed E-state index contributed by atoms with van der Waals surface area (Å²) in [6.45, 7) is 0. The number of ketones is 1. The van der Waals surface area contributed by atoms with Gasteiger partial charge in [-0.15, -0.1) is 0 Å². The van der Waals surface area contributed by atoms with Crippen molar-refractivity contribution in [1.82, 2.24) is 0 Å². The number of benzene rings is 1. The van der Waals surface area contributed by atoms with Crippen LogP contribution in [0.5, 0.6) is 0 Å². The smallest absolute Gasteiger partial charge is 0.205 e. The Kier molecular flexibility index (Phi) is 3.14. The first-order chi connectivity index (χ1) is 8.60. The molecule has 0 atom stereocenters. The van der Waals surface area contributed by atoms with E-state index in [1.54, 1.807) is 24.3 Å². The van der Waals surface area contributed by atoms with E-state index in [9.17, 15) is 4.79 Å². The van der Waals surface area contributed by atoms with E-state index in [2.05, 4.69) is 4.99 Å². The fourth-order valence-electron chi connectivity index (χ4n) is 1.50. The summed E-state index contributed by atoms with van der Waals surface area (Å²) in [7, 11) is 1.48. The van der Waals surface area contributed by atoms with E-state index >= 15 is 0 Å². The van der Waals surface area contributed by atoms with Crippen molar-refractivity contribution in [3.63, 3.8) is 0 Å². The Morgan fingerprint density at radius 1 is 1.11 bits per heavy atom. The average molecular weight is 243 g/mol. The van der Waals surface area contributed by atoms with Gasteiger partial charge >= 0.3 is 0 Å². The molecule has 0 aliphatic heterocycles. The molecule has 0 bridgehead atoms. The second-order valence-electron chi connectivity index (χ2n) is 3.77. The Labute approximate surface area is 104 Å². The Morgan fingerprint density at radius 3 is 2.39 bits per heavy atom. The first kappa shape index (κ1) is 11.9. The van der Waals surface area contributed by atoms with E-state index in [0.717, 1.165) is 0 Å². The van der Waals surface area contributed by atoms with E-state index < -0.39 is 0 Å². The summed E-state index contributed by atoms with van der Waals surface area (Å²) in [5.74, 6) is 0.120. The quantitative estimate of drug-likeness (QED) is 0.605. The molecular weight excluding hydrogens is 230 g/mol. The molecule has 0 saturated carbocycles. The number of carbonyl (C=O) groups excluding carboxylic acids is 1. The molecule has 0 aromatic heterocycles. The zero-order valence-electron chi connectivity index (χ0n) is 9.88. The molecular formula is C13H13N3O2. The van der Waals surface area contributed by atoms with Gasteiger partial charge in [0.15, 0.2) is 0 Å². The molecule has 92 valence electrons. The summed E-state index contributed by atoms with van der Waals surface area (Å²) in [6.07, 6.45) is 2.82. The van der Waals surface area contributed by atoms with Crippen LogP contribution in [0.3, 0.4) is 0 Å². The third kappa shape index (κ3) is 2.40. The van der Waals surface area contributed by atoms with Crippen LogP contribution in [0.2, 0.25) is 0 Å². The minimum Gasteiger partial charge on any atom is -0.494 e. The van der Waals surface area contributed by atoms with E-state index in [4.69, 9.17) is 16.2 Å². The first-order valence-corrected chi connectivity index (χ1v) is 5.32. The highest BCUT2D eigenvalue weighted by atomic mass is 16.5. The number of carbonyl (C=O) groups is 1. The maximum Gasteiger partial charge on any atom is 0.205 e. The molecule has 0 amide bonds. The molecule has 0 radical (unpaired) electrons. The summed E-state index contributed by atoms with van der Waals surface area (Å²) in [5, 5.41) is 0. The van der Waals surface area contributed by atoms with Gasteiger partial charge in [0.25, 0.3) is 0 Å². The van der Waals surface area contributed by atoms with Gasteiger partial charge in [0.2, 0.25) is 5.78 Å². The Morgan fingerprint density at radius 2 is 1.78 bits per heavy atom. The predicted octanol–water partition coefficient (Wildman–Crippen LogP) is 1.30. The van der Waals surface area contributed by atoms with Crippen molar-refractivity contribution >= 4 is 22.9 Å². The molecule has 1 aliphatic carbocycles. The number of nitrogen functional groups attached to an aromatic ring is 1. The molecule has 5 nitrogen and oxygen atoms in total. The van der Waals surface area contributed by atoms with Gasteiger partial charge < -0.3 is 16.2 Å². The lowest BCUT2D eigenvalue weighted by molar-refractivity contribution is -0.111. The van der Waals surface area contributed by atoms with Gasteiger partial charge in [-0.05, 0) is 30.3 Å². The van der Waals surface area contributed by atoms with Crippen molar-refractivity contribution in [2.24, 2.45) is 10.7 Å². The fourth-order valence-corrected chi connectivity index (χ4v) is 1.50. The fraction of sp³-hybridized carbons (Fsp3) is 0.0769. The lowest BCUT2D eigenvalue weighted by Crippen LogP contribution is -2.19. The van der Waals surface area contributed by atoms with Crippen molar-refractivity contribution in [3.05, 3.63) is 47.9 Å². The second kappa shape index (κ2) is 4.75. The molecule has 5 heteroatoms. The van der Waals surface area contributed by atoms with Crippen molar-refractivity contribution in [2.75, 3.05) is 12.8 Å². The van der Waals surface area contributed by atoms with Crippen LogP contribution in [-0.2, 0) is 9.53 Å². The number of ether oxygens (including phenoxy) is 1. The average Bonchev–Trinajstić information content (AvgIpc) is 2.36. The highest BCUT2D eigenvalue weighted by Crippen LogP contribution is 2.18. The number of nitrogens with two attached hydrogens (primary N) is 2. The summed E-state index contributed by atoms with van der Waals surface area (Å²) < 4.78 is 5.10. The number of rotatable bonds is 2. The van der Waals surface area contributed by atoms with Gasteiger partial charge in [-0.3, -0.25) is 4.79 Å². The molecule has 0 fully saturated rings. The van der Waals surface area contributed by atoms with Crippen molar-refractivity contribution < 1.29 is 9.53 Å². The number of nitrogens with zero attached hydrogens (tertiary/aromatic N) is 1. The monoisotopic (exact) mass is 243 g/mol. The van der Waals surface area contributed by atoms with E-state index in [1.165, 1.54) is 19.3 Å². The molecule has 4 N–H and O–H groups in total. The molecule has 0 spiro atoms. The van der Waals surface area contributed by atoms with Gasteiger partial charge in [-0.1, -0.05) is 0 Å². The van der Waals surface area contributed by atoms with Crippen molar-refractivity contribution in [2.45, 2.75) is 0 Å². The second-order valence-corrected chi connectivity index (χ2v) is 3.77. The van der Waals surface area contributed by atoms with E-state index in [-0.39, 0.29) is 11.5 Å². The van der Waals surface area contributed by atoms with Crippen molar-refractivity contribution in [1.29, 1.82) is 0 Å². The number of allylic oxidation sites excluding steroid dienone is 2. The van der Waals surface area contributed by atoms with Crippen LogP contribution in [0, 0.1) is 0 Å². The number of hydrogen-bond donors (Lipinski definition) is 2. The van der Waals surface area contributed by atoms with Crippen LogP contribution in [0.1, 0.15) is 0 Å². The summed E-state index contributed by atoms with van der Waals surface area (Å²) in [6, 6.07) is 7.04. The van der Waals surface area contributed by atoms with Crippen LogP contribution >= 0.6 is 0 Å². The zero-order valence-corrected chi connectivity index (χ0v) is 9.88. The van der Waals surface area contributed by atoms with Crippen molar-refractivity contribution in [3.8, 4) is 0 Å². The third-order valence-corrected chi connectivity index (χ3v) is 2.45. The maximum atomic E-state index is 11.4. The summed E-state index contributed by atoms with van der Waals surface area (Å²) in [4.78, 5) is 15.7. The van der Waals surface area contributed by atoms with Crippen LogP contribution < -0.4 is 11.5 Å². The molecule has 18 heavy (non-hydrogen) atoms. The molecule has 1 aromatic rings. The lowest BCUT2D eigenvalue weighted by Gasteiger charge is -2.11. The van der Waals surface area contributed by atoms with Crippen LogP contribution in [0.15, 0.2) is 52.9 Å². The van der Waals surface area contributed by atoms with E-state index in [0.29, 0.717) is 22.8 Å². The minimum absolute atomic E-state index is 0.144. The Hall–Kier alpha value is -2.56. The SMILES string of the molecule is COC1=CC(=O)C(N)=CC1=Nc1ccc(N)cc1. The highest BCUT2D eigenvalue weighted by Gasteiger charge is 2.17. The predicted molar refractivity (Wildman–Crippen MR) is 70.3 cm³/mol. The number of methoxy groups -OCH3 is 1. The summed E-state index contributed by atoms with van der Waals surface area (Å²) in [5.41, 5.74) is 13.2. The lowest BCUT2D eigenvalue weighted by atomic mass is 10.1. The standard InChI is InChI=1S/C13H13N3O2/c1-18-13-7-12(17)10(15)6-11(13)16-9-4-2-8(14)3-5-9/h2-7H,14-15H2,1H3. The minimum atomic E-state index is -0.275. The highest BCUT2D eigenvalue weighted by molar-refractivity contribution is 6.21. The van der Waals surface area contributed by atoms with Gasteiger partial charge in [-0.2, -0.15) is 0 Å². The number of anilines is 1. The first-order valence-electron chi connectivity index (χ1n) is 5.32. The topological polar surface area (TPSA) is 90.7 Å². The van der Waals surface area contributed by atoms with Gasteiger partial charge in [0.05, 0.1) is 18.5 Å². The Balaban J connectivity index is 2.39. The van der Waals surface area contributed by atoms with Gasteiger partial charge in [0.1, 0.15) is 11.5 Å². The molecule has 0 saturated heterocycles. The third-order valence-electron chi connectivity index (χ3n) is 2.45. The largest absolute Gasteiger partial charge is 0.494 e. The normalized spacial score (nSPS) is 17.4. The van der Waals surface area contributed by atoms with Crippen LogP contribution in [-0.4, -0.2) is 18.6 Å². The Bertz CT molecular complexity index is 568. The molecule has 1 aromatic carbocycles. The molecule has 1 aliphatic rings. The molecule has 0 unspecified atom stereocenters. The zero-order chi connectivity index (χ0) is 13.1. The molecule has 0 heterocycles. The summed E-state index contributed by atoms with van der Waals surface area (Å²) >= 11 is 0. The maximum absolute atomic E-state index is 11.4. The van der Waals surface area contributed by atoms with E-state index in [1.807, 2.05) is 0 Å². The molecule has 2 rings (SSSR count). The van der Waals surface area contributed by atoms with Crippen LogP contribution in [0.25, 0.3) is 0 Å².